The van der Waals surface area contributed by atoms with Gasteiger partial charge in [0.1, 0.15) is 0 Å². The number of alkyl halides is 5. The molecule has 0 N–H and O–H groups in total. The Bertz CT molecular complexity index is 364. The number of allylic oxidation sites excluding steroid dienone is 2. The van der Waals surface area contributed by atoms with Gasteiger partial charge in [0, 0.05) is 12.8 Å². The van der Waals surface area contributed by atoms with Gasteiger partial charge in [0.25, 0.3) is 0 Å². The Hall–Kier alpha value is -1.14. The van der Waals surface area contributed by atoms with E-state index in [1.807, 2.05) is 13.0 Å². The highest BCUT2D eigenvalue weighted by Gasteiger charge is 2.56. The molecular weight excluding hydrogens is 331 g/mol. The second-order valence-corrected chi connectivity index (χ2v) is 5.76. The van der Waals surface area contributed by atoms with Gasteiger partial charge in [-0.15, -0.1) is 0 Å². The number of carbonyl (C=O) groups excluding carboxylic acids is 1. The van der Waals surface area contributed by atoms with Crippen LogP contribution in [-0.2, 0) is 9.53 Å². The predicted octanol–water partition coefficient (Wildman–Crippen LogP) is 6.20. The highest BCUT2D eigenvalue weighted by molar-refractivity contribution is 5.69. The summed E-state index contributed by atoms with van der Waals surface area (Å²) in [5.74, 6) is -4.99. The minimum Gasteiger partial charge on any atom is -0.466 e. The fourth-order valence-corrected chi connectivity index (χ4v) is 2.08. The lowest BCUT2D eigenvalue weighted by Crippen LogP contribution is -2.36. The quantitative estimate of drug-likeness (QED) is 0.169. The van der Waals surface area contributed by atoms with E-state index >= 15 is 0 Å². The van der Waals surface area contributed by atoms with Crippen molar-refractivity contribution < 1.29 is 31.5 Å². The molecule has 0 amide bonds. The lowest BCUT2D eigenvalue weighted by Gasteiger charge is -2.19. The van der Waals surface area contributed by atoms with Gasteiger partial charge < -0.3 is 4.74 Å². The van der Waals surface area contributed by atoms with Crippen molar-refractivity contribution in [3.63, 3.8) is 0 Å². The second kappa shape index (κ2) is 12.3. The van der Waals surface area contributed by atoms with Crippen molar-refractivity contribution in [2.24, 2.45) is 0 Å². The van der Waals surface area contributed by atoms with E-state index in [1.54, 1.807) is 0 Å². The smallest absolute Gasteiger partial charge is 0.453 e. The summed E-state index contributed by atoms with van der Waals surface area (Å²) in [6.07, 6.45) is 2.76. The zero-order valence-corrected chi connectivity index (χ0v) is 14.1. The molecule has 0 saturated heterocycles. The van der Waals surface area contributed by atoms with E-state index in [4.69, 9.17) is 4.74 Å². The van der Waals surface area contributed by atoms with Gasteiger partial charge in [-0.05, 0) is 45.4 Å². The minimum atomic E-state index is -5.49. The van der Waals surface area contributed by atoms with E-state index in [0.717, 1.165) is 32.1 Å². The van der Waals surface area contributed by atoms with Crippen LogP contribution in [0.4, 0.5) is 22.0 Å². The number of halogens is 5. The molecule has 2 nitrogen and oxygen atoms in total. The normalized spacial score (nSPS) is 12.8. The lowest BCUT2D eigenvalue weighted by molar-refractivity contribution is -0.284. The van der Waals surface area contributed by atoms with Crippen LogP contribution in [-0.4, -0.2) is 24.7 Å². The summed E-state index contributed by atoms with van der Waals surface area (Å²) in [5.41, 5.74) is 0. The topological polar surface area (TPSA) is 26.3 Å². The highest BCUT2D eigenvalue weighted by atomic mass is 19.4. The summed E-state index contributed by atoms with van der Waals surface area (Å²) in [5, 5.41) is 0. The van der Waals surface area contributed by atoms with Gasteiger partial charge in [-0.1, -0.05) is 25.0 Å². The molecule has 0 aliphatic heterocycles. The second-order valence-electron chi connectivity index (χ2n) is 5.76. The van der Waals surface area contributed by atoms with E-state index in [0.29, 0.717) is 12.8 Å². The Kier molecular flexibility index (Phi) is 11.7. The Balaban J connectivity index is 3.50. The van der Waals surface area contributed by atoms with E-state index < -0.39 is 18.5 Å². The van der Waals surface area contributed by atoms with Crippen LogP contribution < -0.4 is 0 Å². The molecule has 0 atom stereocenters. The molecule has 0 aromatic rings. The average Bonchev–Trinajstić information content (AvgIpc) is 2.48. The minimum absolute atomic E-state index is 0.0672. The molecule has 24 heavy (non-hydrogen) atoms. The summed E-state index contributed by atoms with van der Waals surface area (Å²) in [4.78, 5) is 11.4. The monoisotopic (exact) mass is 358 g/mol. The van der Waals surface area contributed by atoms with Crippen molar-refractivity contribution in [1.82, 2.24) is 0 Å². The number of ether oxygens (including phenoxy) is 1. The van der Waals surface area contributed by atoms with Gasteiger partial charge in [-0.3, -0.25) is 4.79 Å². The Morgan fingerprint density at radius 3 is 2.17 bits per heavy atom. The van der Waals surface area contributed by atoms with Gasteiger partial charge in [0.05, 0.1) is 6.61 Å². The van der Waals surface area contributed by atoms with Crippen molar-refractivity contribution in [3.05, 3.63) is 12.2 Å². The molecule has 142 valence electrons. The van der Waals surface area contributed by atoms with Gasteiger partial charge in [-0.25, -0.2) is 0 Å². The molecule has 0 rings (SSSR count). The van der Waals surface area contributed by atoms with Crippen LogP contribution in [0.25, 0.3) is 0 Å². The maximum atomic E-state index is 12.6. The first-order valence-corrected chi connectivity index (χ1v) is 8.42. The highest BCUT2D eigenvalue weighted by Crippen LogP contribution is 2.39. The Morgan fingerprint density at radius 2 is 1.54 bits per heavy atom. The van der Waals surface area contributed by atoms with Crippen LogP contribution in [0.1, 0.15) is 71.1 Å². The molecular formula is C17H27F5O2. The summed E-state index contributed by atoms with van der Waals surface area (Å²) in [7, 11) is 0. The molecule has 0 aromatic heterocycles. The van der Waals surface area contributed by atoms with Crippen molar-refractivity contribution in [1.29, 1.82) is 0 Å². The van der Waals surface area contributed by atoms with Crippen LogP contribution in [0.3, 0.4) is 0 Å². The van der Waals surface area contributed by atoms with Gasteiger partial charge >= 0.3 is 18.1 Å². The van der Waals surface area contributed by atoms with Crippen LogP contribution in [0.5, 0.6) is 0 Å². The summed E-state index contributed by atoms with van der Waals surface area (Å²) in [6, 6.07) is 0. The molecule has 0 aliphatic carbocycles. The number of carbonyl (C=O) groups is 1. The number of rotatable bonds is 13. The Labute approximate surface area is 140 Å². The molecule has 0 aliphatic rings. The van der Waals surface area contributed by atoms with E-state index in [-0.39, 0.29) is 25.4 Å². The third-order valence-corrected chi connectivity index (χ3v) is 3.55. The maximum absolute atomic E-state index is 12.6. The van der Waals surface area contributed by atoms with E-state index in [9.17, 15) is 26.7 Å². The summed E-state index contributed by atoms with van der Waals surface area (Å²) in [6.45, 7) is 2.04. The van der Waals surface area contributed by atoms with Gasteiger partial charge in [0.2, 0.25) is 0 Å². The number of hydrogen-bond acceptors (Lipinski definition) is 2. The molecule has 0 bridgehead atoms. The van der Waals surface area contributed by atoms with Crippen LogP contribution in [0, 0.1) is 0 Å². The largest absolute Gasteiger partial charge is 0.466 e. The summed E-state index contributed by atoms with van der Waals surface area (Å²) >= 11 is 0. The summed E-state index contributed by atoms with van der Waals surface area (Å²) < 4.78 is 66.0. The number of unbranched alkanes of at least 4 members (excludes halogenated alkanes) is 6. The molecule has 0 radical (unpaired) electrons. The first kappa shape index (κ1) is 22.9. The molecule has 0 heterocycles. The van der Waals surface area contributed by atoms with Crippen LogP contribution in [0.15, 0.2) is 12.2 Å². The van der Waals surface area contributed by atoms with Crippen molar-refractivity contribution in [2.75, 3.05) is 6.61 Å². The average molecular weight is 358 g/mol. The molecule has 7 heteroatoms. The zero-order chi connectivity index (χ0) is 18.5. The van der Waals surface area contributed by atoms with Crippen molar-refractivity contribution in [2.45, 2.75) is 83.2 Å². The number of esters is 1. The SMILES string of the molecule is CC=CCCCCCCC(=O)OCCCCCC(F)(F)C(F)(F)F. The maximum Gasteiger partial charge on any atom is 0.453 e. The third-order valence-electron chi connectivity index (χ3n) is 3.55. The van der Waals surface area contributed by atoms with Gasteiger partial charge in [-0.2, -0.15) is 22.0 Å². The van der Waals surface area contributed by atoms with Crippen LogP contribution in [0.2, 0.25) is 0 Å². The Morgan fingerprint density at radius 1 is 0.917 bits per heavy atom. The molecule has 0 fully saturated rings. The fraction of sp³-hybridized carbons (Fsp3) is 0.824. The van der Waals surface area contributed by atoms with E-state index in [2.05, 4.69) is 6.08 Å². The predicted molar refractivity (Wildman–Crippen MR) is 82.9 cm³/mol. The fourth-order valence-electron chi connectivity index (χ4n) is 2.08. The zero-order valence-electron chi connectivity index (χ0n) is 14.1. The van der Waals surface area contributed by atoms with Gasteiger partial charge in [0.15, 0.2) is 0 Å². The lowest BCUT2D eigenvalue weighted by atomic mass is 10.1. The first-order valence-electron chi connectivity index (χ1n) is 8.42. The van der Waals surface area contributed by atoms with Crippen molar-refractivity contribution >= 4 is 5.97 Å². The third kappa shape index (κ3) is 11.4. The molecule has 0 aromatic carbocycles. The first-order chi connectivity index (χ1) is 11.2. The standard InChI is InChI=1S/C17H27F5O2/c1-2-3-4-5-6-7-9-12-15(23)24-14-11-8-10-13-16(18,19)17(20,21)22/h2-3H,4-14H2,1H3. The van der Waals surface area contributed by atoms with E-state index in [1.165, 1.54) is 0 Å². The molecule has 0 unspecified atom stereocenters. The molecule has 0 saturated carbocycles. The van der Waals surface area contributed by atoms with Crippen LogP contribution >= 0.6 is 0 Å². The molecule has 0 spiro atoms. The van der Waals surface area contributed by atoms with Crippen molar-refractivity contribution in [3.8, 4) is 0 Å². The number of hydrogen-bond donors (Lipinski definition) is 0.